The van der Waals surface area contributed by atoms with E-state index in [1.54, 1.807) is 6.20 Å². The summed E-state index contributed by atoms with van der Waals surface area (Å²) in [7, 11) is 0. The topological polar surface area (TPSA) is 115 Å². The number of benzene rings is 1. The van der Waals surface area contributed by atoms with Gasteiger partial charge < -0.3 is 20.8 Å². The normalized spacial score (nSPS) is 23.5. The zero-order valence-corrected chi connectivity index (χ0v) is 19.7. The minimum absolute atomic E-state index is 0.0696. The number of hydrogen-bond donors (Lipinski definition) is 4. The smallest absolute Gasteiger partial charge is 0.391 e. The maximum Gasteiger partial charge on any atom is 0.416 e. The number of nitrogens with one attached hydrogen (secondary N) is 2. The Morgan fingerprint density at radius 3 is 2.57 bits per heavy atom. The lowest BCUT2D eigenvalue weighted by Crippen LogP contribution is -2.63. The van der Waals surface area contributed by atoms with Crippen molar-refractivity contribution in [3.63, 3.8) is 0 Å². The molecule has 0 bridgehead atoms. The van der Waals surface area contributed by atoms with E-state index in [0.29, 0.717) is 37.0 Å². The second-order valence-electron chi connectivity index (χ2n) is 9.03. The fourth-order valence-electron chi connectivity index (χ4n) is 4.54. The van der Waals surface area contributed by atoms with Gasteiger partial charge in [0.15, 0.2) is 0 Å². The van der Waals surface area contributed by atoms with Crippen LogP contribution in [0, 0.1) is 0 Å². The van der Waals surface area contributed by atoms with Gasteiger partial charge in [0.2, 0.25) is 5.91 Å². The van der Waals surface area contributed by atoms with Gasteiger partial charge in [-0.3, -0.25) is 14.5 Å². The van der Waals surface area contributed by atoms with E-state index in [9.17, 15) is 33.0 Å². The molecule has 0 unspecified atom stereocenters. The summed E-state index contributed by atoms with van der Waals surface area (Å²) >= 11 is 1.33. The molecule has 2 fully saturated rings. The molecule has 0 spiro atoms. The Kier molecular flexibility index (Phi) is 7.46. The number of halogens is 3. The first-order valence-corrected chi connectivity index (χ1v) is 12.2. The van der Waals surface area contributed by atoms with Gasteiger partial charge in [-0.2, -0.15) is 13.2 Å². The van der Waals surface area contributed by atoms with Gasteiger partial charge in [0.25, 0.3) is 5.91 Å². The quantitative estimate of drug-likeness (QED) is 0.451. The van der Waals surface area contributed by atoms with E-state index in [2.05, 4.69) is 20.5 Å². The van der Waals surface area contributed by atoms with Crippen LogP contribution >= 0.6 is 11.3 Å². The number of thiazole rings is 1. The molecule has 1 saturated heterocycles. The van der Waals surface area contributed by atoms with Crippen molar-refractivity contribution in [2.45, 2.75) is 56.2 Å². The third-order valence-corrected chi connectivity index (χ3v) is 7.72. The van der Waals surface area contributed by atoms with Crippen LogP contribution in [-0.2, 0) is 23.2 Å². The molecule has 1 aliphatic carbocycles. The largest absolute Gasteiger partial charge is 0.416 e. The fraction of sp³-hybridized carbons (Fsp3) is 0.522. The van der Waals surface area contributed by atoms with Crippen LogP contribution in [-0.4, -0.2) is 63.6 Å². The number of aromatic nitrogens is 1. The molecule has 8 nitrogen and oxygen atoms in total. The molecular weight excluding hydrogens is 485 g/mol. The van der Waals surface area contributed by atoms with Crippen molar-refractivity contribution in [1.29, 1.82) is 0 Å². The van der Waals surface area contributed by atoms with Gasteiger partial charge in [-0.05, 0) is 43.9 Å². The number of amides is 2. The van der Waals surface area contributed by atoms with Gasteiger partial charge in [0.05, 0.1) is 29.6 Å². The second-order valence-corrected chi connectivity index (χ2v) is 10.1. The summed E-state index contributed by atoms with van der Waals surface area (Å²) in [6, 6.07) is 4.27. The highest BCUT2D eigenvalue weighted by atomic mass is 32.1. The molecular formula is C23H27F3N4O4S. The molecule has 2 aliphatic rings. The van der Waals surface area contributed by atoms with Crippen molar-refractivity contribution < 1.29 is 33.0 Å². The Morgan fingerprint density at radius 2 is 1.94 bits per heavy atom. The number of nitrogens with zero attached hydrogens (tertiary/aromatic N) is 2. The molecule has 2 amide bonds. The summed E-state index contributed by atoms with van der Waals surface area (Å²) in [5.41, 5.74) is -2.05. The molecule has 1 aromatic carbocycles. The standard InChI is InChI=1S/C23H27F3N4O4S/c24-23(25,26)15-3-1-2-14(8-15)20(33)27-10-19(32)29-16-11-30(12-16)17-4-6-22(34,7-5-17)21-28-9-18(13-31)35-21/h1-3,8-9,16-17,31,34H,4-7,10-13H2,(H,27,33)(H,29,32). The minimum atomic E-state index is -4.55. The van der Waals surface area contributed by atoms with E-state index < -0.39 is 29.2 Å². The van der Waals surface area contributed by atoms with Crippen LogP contribution in [0.1, 0.15) is 51.5 Å². The van der Waals surface area contributed by atoms with Gasteiger partial charge in [-0.1, -0.05) is 6.07 Å². The number of likely N-dealkylation sites (tertiary alicyclic amines) is 1. The predicted molar refractivity (Wildman–Crippen MR) is 121 cm³/mol. The summed E-state index contributed by atoms with van der Waals surface area (Å²) in [4.78, 5) is 31.5. The highest BCUT2D eigenvalue weighted by Crippen LogP contribution is 2.41. The summed E-state index contributed by atoms with van der Waals surface area (Å²) < 4.78 is 38.4. The first-order valence-electron chi connectivity index (χ1n) is 11.3. The summed E-state index contributed by atoms with van der Waals surface area (Å²) in [6.45, 7) is 0.891. The van der Waals surface area contributed by atoms with Gasteiger partial charge >= 0.3 is 6.18 Å². The average Bonchev–Trinajstić information content (AvgIpc) is 3.30. The van der Waals surface area contributed by atoms with Gasteiger partial charge in [-0.25, -0.2) is 4.98 Å². The van der Waals surface area contributed by atoms with Crippen molar-refractivity contribution in [2.24, 2.45) is 0 Å². The monoisotopic (exact) mass is 512 g/mol. The molecule has 12 heteroatoms. The number of aliphatic hydroxyl groups excluding tert-OH is 1. The number of alkyl halides is 3. The van der Waals surface area contributed by atoms with Crippen molar-refractivity contribution >= 4 is 23.2 Å². The van der Waals surface area contributed by atoms with Gasteiger partial charge in [-0.15, -0.1) is 11.3 Å². The highest BCUT2D eigenvalue weighted by Gasteiger charge is 2.41. The molecule has 1 saturated carbocycles. The highest BCUT2D eigenvalue weighted by molar-refractivity contribution is 7.11. The van der Waals surface area contributed by atoms with Crippen LogP contribution in [0.15, 0.2) is 30.5 Å². The number of hydrogen-bond acceptors (Lipinski definition) is 7. The summed E-state index contributed by atoms with van der Waals surface area (Å²) in [5.74, 6) is -1.15. The Labute approximate surface area is 204 Å². The first kappa shape index (κ1) is 25.5. The van der Waals surface area contributed by atoms with E-state index in [1.165, 1.54) is 17.4 Å². The molecule has 1 aromatic heterocycles. The van der Waals surface area contributed by atoms with E-state index >= 15 is 0 Å². The predicted octanol–water partition coefficient (Wildman–Crippen LogP) is 2.01. The lowest BCUT2D eigenvalue weighted by atomic mass is 9.81. The maximum atomic E-state index is 12.8. The molecule has 0 atom stereocenters. The Hall–Kier alpha value is -2.54. The van der Waals surface area contributed by atoms with Crippen LogP contribution in [0.3, 0.4) is 0 Å². The lowest BCUT2D eigenvalue weighted by Gasteiger charge is -2.47. The van der Waals surface area contributed by atoms with Crippen LogP contribution in [0.25, 0.3) is 0 Å². The van der Waals surface area contributed by atoms with Gasteiger partial charge in [0, 0.05) is 30.9 Å². The van der Waals surface area contributed by atoms with Crippen LogP contribution in [0.2, 0.25) is 0 Å². The van der Waals surface area contributed by atoms with E-state index in [4.69, 9.17) is 0 Å². The number of aliphatic hydroxyl groups is 2. The number of carbonyl (C=O) groups excluding carboxylic acids is 2. The molecule has 1 aliphatic heterocycles. The average molecular weight is 513 g/mol. The number of carbonyl (C=O) groups is 2. The molecule has 35 heavy (non-hydrogen) atoms. The number of rotatable bonds is 7. The van der Waals surface area contributed by atoms with Crippen molar-refractivity contribution in [3.05, 3.63) is 51.5 Å². The second kappa shape index (κ2) is 10.2. The van der Waals surface area contributed by atoms with Crippen LogP contribution in [0.4, 0.5) is 13.2 Å². The molecule has 2 aromatic rings. The molecule has 4 N–H and O–H groups in total. The maximum absolute atomic E-state index is 12.8. The summed E-state index contributed by atoms with van der Waals surface area (Å²) in [5, 5.41) is 26.0. The van der Waals surface area contributed by atoms with Crippen molar-refractivity contribution in [3.8, 4) is 0 Å². The van der Waals surface area contributed by atoms with E-state index in [0.717, 1.165) is 35.9 Å². The lowest BCUT2D eigenvalue weighted by molar-refractivity contribution is -0.137. The Morgan fingerprint density at radius 1 is 1.23 bits per heavy atom. The third-order valence-electron chi connectivity index (χ3n) is 6.54. The Bertz CT molecular complexity index is 1060. The minimum Gasteiger partial charge on any atom is -0.391 e. The zero-order chi connectivity index (χ0) is 25.2. The van der Waals surface area contributed by atoms with E-state index in [-0.39, 0.29) is 24.8 Å². The van der Waals surface area contributed by atoms with Gasteiger partial charge in [0.1, 0.15) is 10.6 Å². The van der Waals surface area contributed by atoms with Crippen LogP contribution < -0.4 is 10.6 Å². The Balaban J connectivity index is 1.17. The summed E-state index contributed by atoms with van der Waals surface area (Å²) in [6.07, 6.45) is -0.230. The third kappa shape index (κ3) is 6.00. The molecule has 2 heterocycles. The molecule has 0 radical (unpaired) electrons. The van der Waals surface area contributed by atoms with Crippen molar-refractivity contribution in [1.82, 2.24) is 20.5 Å². The van der Waals surface area contributed by atoms with Crippen molar-refractivity contribution in [2.75, 3.05) is 19.6 Å². The molecule has 190 valence electrons. The SMILES string of the molecule is O=C(CNC(=O)c1cccc(C(F)(F)F)c1)NC1CN(C2CCC(O)(c3ncc(CO)s3)CC2)C1. The molecule has 4 rings (SSSR count). The zero-order valence-electron chi connectivity index (χ0n) is 18.8. The van der Waals surface area contributed by atoms with E-state index in [1.807, 2.05) is 0 Å². The fourth-order valence-corrected chi connectivity index (χ4v) is 5.45. The first-order chi connectivity index (χ1) is 16.6. The van der Waals surface area contributed by atoms with Crippen LogP contribution in [0.5, 0.6) is 0 Å².